The number of carbonyl (C=O) groups excluding carboxylic acids is 3. The second kappa shape index (κ2) is 10.1. The summed E-state index contributed by atoms with van der Waals surface area (Å²) in [5.74, 6) is -1.24. The molecule has 2 amide bonds. The zero-order valence-corrected chi connectivity index (χ0v) is 15.5. The maximum atomic E-state index is 12.4. The maximum Gasteiger partial charge on any atom is 0.328 e. The van der Waals surface area contributed by atoms with Crippen molar-refractivity contribution < 1.29 is 19.1 Å². The maximum absolute atomic E-state index is 12.4. The molecule has 142 valence electrons. The molecule has 2 atom stereocenters. The Balaban J connectivity index is 1.92. The molecule has 2 N–H and O–H groups in total. The van der Waals surface area contributed by atoms with E-state index in [1.165, 1.54) is 7.11 Å². The largest absolute Gasteiger partial charge is 0.467 e. The Hall–Kier alpha value is -3.15. The predicted molar refractivity (Wildman–Crippen MR) is 102 cm³/mol. The van der Waals surface area contributed by atoms with Crippen LogP contribution in [0.25, 0.3) is 0 Å². The minimum Gasteiger partial charge on any atom is -0.467 e. The third-order valence-corrected chi connectivity index (χ3v) is 4.06. The first-order valence-electron chi connectivity index (χ1n) is 8.75. The Bertz CT molecular complexity index is 762. The van der Waals surface area contributed by atoms with Gasteiger partial charge in [0.25, 0.3) is 0 Å². The van der Waals surface area contributed by atoms with Crippen LogP contribution >= 0.6 is 0 Å². The van der Waals surface area contributed by atoms with Gasteiger partial charge in [-0.05, 0) is 18.1 Å². The molecule has 27 heavy (non-hydrogen) atoms. The van der Waals surface area contributed by atoms with Crippen LogP contribution in [0.15, 0.2) is 60.7 Å². The van der Waals surface area contributed by atoms with Crippen LogP contribution in [-0.2, 0) is 32.0 Å². The smallest absolute Gasteiger partial charge is 0.328 e. The van der Waals surface area contributed by atoms with Gasteiger partial charge in [0.05, 0.1) is 13.5 Å². The van der Waals surface area contributed by atoms with Gasteiger partial charge in [-0.25, -0.2) is 4.79 Å². The van der Waals surface area contributed by atoms with Crippen LogP contribution in [0.5, 0.6) is 0 Å². The third kappa shape index (κ3) is 6.58. The van der Waals surface area contributed by atoms with E-state index in [4.69, 9.17) is 4.74 Å². The summed E-state index contributed by atoms with van der Waals surface area (Å²) in [5.41, 5.74) is 1.76. The molecule has 0 unspecified atom stereocenters. The number of hydrogen-bond donors (Lipinski definition) is 2. The molecule has 0 aliphatic rings. The first-order valence-corrected chi connectivity index (χ1v) is 8.75. The molecule has 2 rings (SSSR count). The number of methoxy groups -OCH3 is 1. The second-order valence-electron chi connectivity index (χ2n) is 6.23. The van der Waals surface area contributed by atoms with E-state index in [1.54, 1.807) is 6.92 Å². The quantitative estimate of drug-likeness (QED) is 0.694. The molecule has 2 aromatic rings. The van der Waals surface area contributed by atoms with E-state index < -0.39 is 24.0 Å². The van der Waals surface area contributed by atoms with Gasteiger partial charge in [0.1, 0.15) is 12.1 Å². The number of benzene rings is 2. The lowest BCUT2D eigenvalue weighted by molar-refractivity contribution is -0.145. The van der Waals surface area contributed by atoms with Crippen molar-refractivity contribution in [1.82, 2.24) is 10.6 Å². The number of amides is 2. The Morgan fingerprint density at radius 3 is 2.00 bits per heavy atom. The number of ether oxygens (including phenoxy) is 1. The van der Waals surface area contributed by atoms with Crippen LogP contribution in [0.1, 0.15) is 18.1 Å². The lowest BCUT2D eigenvalue weighted by Gasteiger charge is -2.20. The van der Waals surface area contributed by atoms with E-state index in [2.05, 4.69) is 10.6 Å². The van der Waals surface area contributed by atoms with Crippen molar-refractivity contribution in [2.45, 2.75) is 31.8 Å². The number of nitrogens with one attached hydrogen (secondary N) is 2. The van der Waals surface area contributed by atoms with E-state index in [-0.39, 0.29) is 12.3 Å². The van der Waals surface area contributed by atoms with Crippen molar-refractivity contribution >= 4 is 17.8 Å². The molecular weight excluding hydrogens is 344 g/mol. The van der Waals surface area contributed by atoms with Gasteiger partial charge in [-0.2, -0.15) is 0 Å². The van der Waals surface area contributed by atoms with Crippen molar-refractivity contribution in [1.29, 1.82) is 0 Å². The zero-order chi connectivity index (χ0) is 19.6. The molecule has 0 bridgehead atoms. The highest BCUT2D eigenvalue weighted by Gasteiger charge is 2.25. The van der Waals surface area contributed by atoms with Crippen molar-refractivity contribution in [2.24, 2.45) is 0 Å². The monoisotopic (exact) mass is 368 g/mol. The van der Waals surface area contributed by atoms with Gasteiger partial charge >= 0.3 is 5.97 Å². The SMILES string of the molecule is COC(=O)[C@H](Cc1ccccc1)NC(=O)[C@H](C)NC(=O)Cc1ccccc1. The van der Waals surface area contributed by atoms with Crippen LogP contribution < -0.4 is 10.6 Å². The third-order valence-electron chi connectivity index (χ3n) is 4.06. The molecule has 0 saturated carbocycles. The summed E-state index contributed by atoms with van der Waals surface area (Å²) in [5, 5.41) is 5.31. The van der Waals surface area contributed by atoms with Gasteiger partial charge in [0.2, 0.25) is 11.8 Å². The summed E-state index contributed by atoms with van der Waals surface area (Å²) >= 11 is 0. The van der Waals surface area contributed by atoms with Crippen LogP contribution in [-0.4, -0.2) is 37.0 Å². The molecule has 0 saturated heterocycles. The molecule has 2 aromatic carbocycles. The first kappa shape index (κ1) is 20.2. The highest BCUT2D eigenvalue weighted by Crippen LogP contribution is 2.05. The standard InChI is InChI=1S/C21H24N2O4/c1-15(22-19(24)14-17-11-7-4-8-12-17)20(25)23-18(21(26)27-2)13-16-9-5-3-6-10-16/h3-12,15,18H,13-14H2,1-2H3,(H,22,24)(H,23,25)/t15-,18-/m0/s1. The average Bonchev–Trinajstić information content (AvgIpc) is 2.68. The molecule has 0 aliphatic heterocycles. The molecule has 0 aliphatic carbocycles. The molecule has 0 radical (unpaired) electrons. The summed E-state index contributed by atoms with van der Waals surface area (Å²) in [7, 11) is 1.28. The lowest BCUT2D eigenvalue weighted by atomic mass is 10.1. The Morgan fingerprint density at radius 1 is 0.889 bits per heavy atom. The lowest BCUT2D eigenvalue weighted by Crippen LogP contribution is -2.51. The molecule has 0 fully saturated rings. The topological polar surface area (TPSA) is 84.5 Å². The van der Waals surface area contributed by atoms with Gasteiger partial charge in [0.15, 0.2) is 0 Å². The van der Waals surface area contributed by atoms with Crippen LogP contribution in [0.2, 0.25) is 0 Å². The van der Waals surface area contributed by atoms with Gasteiger partial charge in [-0.15, -0.1) is 0 Å². The van der Waals surface area contributed by atoms with E-state index in [9.17, 15) is 14.4 Å². The fourth-order valence-electron chi connectivity index (χ4n) is 2.62. The average molecular weight is 368 g/mol. The Morgan fingerprint density at radius 2 is 1.44 bits per heavy atom. The summed E-state index contributed by atoms with van der Waals surface area (Å²) < 4.78 is 4.78. The van der Waals surface area contributed by atoms with E-state index >= 15 is 0 Å². The van der Waals surface area contributed by atoms with Crippen molar-refractivity contribution in [3.8, 4) is 0 Å². The van der Waals surface area contributed by atoms with E-state index in [1.807, 2.05) is 60.7 Å². The predicted octanol–water partition coefficient (Wildman–Crippen LogP) is 1.63. The van der Waals surface area contributed by atoms with E-state index in [0.717, 1.165) is 11.1 Å². The highest BCUT2D eigenvalue weighted by molar-refractivity contribution is 5.91. The van der Waals surface area contributed by atoms with Gasteiger partial charge in [-0.1, -0.05) is 60.7 Å². The number of rotatable bonds is 8. The molecule has 6 heteroatoms. The summed E-state index contributed by atoms with van der Waals surface area (Å²) in [6.07, 6.45) is 0.493. The molecular formula is C21H24N2O4. The Kier molecular flexibility index (Phi) is 7.55. The number of carbonyl (C=O) groups is 3. The van der Waals surface area contributed by atoms with Gasteiger partial charge < -0.3 is 15.4 Å². The van der Waals surface area contributed by atoms with Crippen molar-refractivity contribution in [3.05, 3.63) is 71.8 Å². The molecule has 6 nitrogen and oxygen atoms in total. The van der Waals surface area contributed by atoms with Gasteiger partial charge in [0, 0.05) is 6.42 Å². The number of hydrogen-bond acceptors (Lipinski definition) is 4. The molecule has 0 spiro atoms. The fraction of sp³-hybridized carbons (Fsp3) is 0.286. The van der Waals surface area contributed by atoms with E-state index in [0.29, 0.717) is 6.42 Å². The first-order chi connectivity index (χ1) is 13.0. The summed E-state index contributed by atoms with van der Waals surface area (Å²) in [6.45, 7) is 1.58. The normalized spacial score (nSPS) is 12.5. The van der Waals surface area contributed by atoms with Crippen molar-refractivity contribution in [3.63, 3.8) is 0 Å². The van der Waals surface area contributed by atoms with Crippen molar-refractivity contribution in [2.75, 3.05) is 7.11 Å². The summed E-state index contributed by atoms with van der Waals surface area (Å²) in [6, 6.07) is 17.0. The van der Waals surface area contributed by atoms with Crippen LogP contribution in [0.4, 0.5) is 0 Å². The number of esters is 1. The minimum absolute atomic E-state index is 0.183. The minimum atomic E-state index is -0.821. The second-order valence-corrected chi connectivity index (χ2v) is 6.23. The summed E-state index contributed by atoms with van der Waals surface area (Å²) in [4.78, 5) is 36.5. The van der Waals surface area contributed by atoms with Crippen LogP contribution in [0.3, 0.4) is 0 Å². The zero-order valence-electron chi connectivity index (χ0n) is 15.5. The van der Waals surface area contributed by atoms with Gasteiger partial charge in [-0.3, -0.25) is 9.59 Å². The highest BCUT2D eigenvalue weighted by atomic mass is 16.5. The van der Waals surface area contributed by atoms with Crippen LogP contribution in [0, 0.1) is 0 Å². The fourth-order valence-corrected chi connectivity index (χ4v) is 2.62. The molecule has 0 aromatic heterocycles. The Labute approximate surface area is 158 Å². The molecule has 0 heterocycles.